The van der Waals surface area contributed by atoms with Gasteiger partial charge in [0.25, 0.3) is 0 Å². The number of carbonyl (C=O) groups excluding carboxylic acids is 2. The number of hydrogen-bond acceptors (Lipinski definition) is 5. The molecule has 1 saturated heterocycles. The Morgan fingerprint density at radius 3 is 2.38 bits per heavy atom. The molecule has 0 aromatic heterocycles. The Bertz CT molecular complexity index is 656. The van der Waals surface area contributed by atoms with Crippen molar-refractivity contribution in [2.45, 2.75) is 36.8 Å². The summed E-state index contributed by atoms with van der Waals surface area (Å²) in [4.78, 5) is 35.9. The summed E-state index contributed by atoms with van der Waals surface area (Å²) in [5.74, 6) is -1.23. The normalized spacial score (nSPS) is 17.2. The zero-order valence-corrected chi connectivity index (χ0v) is 15.7. The fraction of sp³-hybridized carbons (Fsp3) is 0.500. The van der Waals surface area contributed by atoms with Gasteiger partial charge in [0.15, 0.2) is 0 Å². The highest BCUT2D eigenvalue weighted by Gasteiger charge is 2.40. The minimum Gasteiger partial charge on any atom is -0.481 e. The van der Waals surface area contributed by atoms with E-state index in [1.807, 2.05) is 12.1 Å². The van der Waals surface area contributed by atoms with Gasteiger partial charge in [-0.25, -0.2) is 0 Å². The molecule has 2 rings (SSSR count). The maximum atomic E-state index is 12.4. The highest BCUT2D eigenvalue weighted by Crippen LogP contribution is 2.30. The Morgan fingerprint density at radius 2 is 1.85 bits per heavy atom. The van der Waals surface area contributed by atoms with E-state index in [9.17, 15) is 19.5 Å². The van der Waals surface area contributed by atoms with E-state index in [0.717, 1.165) is 4.90 Å². The Morgan fingerprint density at radius 1 is 1.23 bits per heavy atom. The molecule has 0 aliphatic carbocycles. The van der Waals surface area contributed by atoms with Crippen molar-refractivity contribution >= 4 is 35.2 Å². The van der Waals surface area contributed by atoms with E-state index in [1.165, 1.54) is 18.7 Å². The predicted molar refractivity (Wildman–Crippen MR) is 99.2 cm³/mol. The van der Waals surface area contributed by atoms with E-state index >= 15 is 0 Å². The van der Waals surface area contributed by atoms with Crippen LogP contribution in [0, 0.1) is 5.41 Å². The molecule has 1 aromatic carbocycles. The Balaban J connectivity index is 1.88. The number of rotatable bonds is 7. The van der Waals surface area contributed by atoms with E-state index < -0.39 is 11.4 Å². The first kappa shape index (κ1) is 20.3. The van der Waals surface area contributed by atoms with E-state index in [2.05, 4.69) is 10.6 Å². The number of carbonyl (C=O) groups is 3. The van der Waals surface area contributed by atoms with Crippen molar-refractivity contribution in [3.8, 4) is 0 Å². The maximum absolute atomic E-state index is 12.4. The summed E-state index contributed by atoms with van der Waals surface area (Å²) in [7, 11) is 0. The molecule has 0 radical (unpaired) electrons. The van der Waals surface area contributed by atoms with Crippen LogP contribution in [0.5, 0.6) is 0 Å². The molecule has 142 valence electrons. The number of benzene rings is 1. The molecular weight excluding hydrogens is 356 g/mol. The minimum atomic E-state index is -0.946. The van der Waals surface area contributed by atoms with Gasteiger partial charge in [-0.15, -0.1) is 11.8 Å². The van der Waals surface area contributed by atoms with Gasteiger partial charge >= 0.3 is 5.97 Å². The summed E-state index contributed by atoms with van der Waals surface area (Å²) >= 11 is 1.38. The lowest BCUT2D eigenvalue weighted by Gasteiger charge is -2.33. The molecule has 0 bridgehead atoms. The van der Waals surface area contributed by atoms with Crippen LogP contribution < -0.4 is 10.6 Å². The molecular formula is C18H24N2O5S. The van der Waals surface area contributed by atoms with Crippen molar-refractivity contribution in [2.75, 3.05) is 25.1 Å². The van der Waals surface area contributed by atoms with Crippen LogP contribution in [-0.4, -0.2) is 47.9 Å². The second-order valence-electron chi connectivity index (χ2n) is 6.38. The van der Waals surface area contributed by atoms with Gasteiger partial charge in [0.2, 0.25) is 11.8 Å². The van der Waals surface area contributed by atoms with Crippen LogP contribution in [0.25, 0.3) is 0 Å². The quantitative estimate of drug-likeness (QED) is 0.626. The van der Waals surface area contributed by atoms with Gasteiger partial charge in [-0.3, -0.25) is 14.4 Å². The van der Waals surface area contributed by atoms with Crippen molar-refractivity contribution in [3.05, 3.63) is 24.3 Å². The number of nitrogens with one attached hydrogen (secondary N) is 2. The van der Waals surface area contributed by atoms with Gasteiger partial charge in [-0.05, 0) is 44.0 Å². The number of carboxylic acid groups (broad SMARTS) is 1. The summed E-state index contributed by atoms with van der Waals surface area (Å²) in [6, 6.07) is 7.21. The average Bonchev–Trinajstić information content (AvgIpc) is 2.61. The molecule has 26 heavy (non-hydrogen) atoms. The number of carboxylic acids is 1. The van der Waals surface area contributed by atoms with Gasteiger partial charge in [-0.1, -0.05) is 0 Å². The minimum absolute atomic E-state index is 0.108. The van der Waals surface area contributed by atoms with Crippen molar-refractivity contribution in [3.63, 3.8) is 0 Å². The van der Waals surface area contributed by atoms with Gasteiger partial charge in [0, 0.05) is 37.3 Å². The molecule has 1 aliphatic rings. The molecule has 0 saturated carbocycles. The SMILES string of the molecule is CC(=O)Nc1ccc(SC(C)C(=O)NCC2(C(=O)O)CCOCC2)cc1. The Labute approximate surface area is 156 Å². The van der Waals surface area contributed by atoms with Gasteiger partial charge in [0.05, 0.1) is 10.7 Å². The number of hydrogen-bond donors (Lipinski definition) is 3. The van der Waals surface area contributed by atoms with E-state index in [0.29, 0.717) is 31.7 Å². The first-order chi connectivity index (χ1) is 12.3. The molecule has 1 aromatic rings. The zero-order valence-electron chi connectivity index (χ0n) is 14.9. The van der Waals surface area contributed by atoms with Gasteiger partial charge in [-0.2, -0.15) is 0 Å². The summed E-state index contributed by atoms with van der Waals surface area (Å²) in [5, 5.41) is 14.6. The lowest BCUT2D eigenvalue weighted by molar-refractivity contribution is -0.154. The van der Waals surface area contributed by atoms with Crippen molar-refractivity contribution in [1.29, 1.82) is 0 Å². The second kappa shape index (κ2) is 9.05. The second-order valence-corrected chi connectivity index (χ2v) is 7.80. The molecule has 1 heterocycles. The largest absolute Gasteiger partial charge is 0.481 e. The fourth-order valence-corrected chi connectivity index (χ4v) is 3.60. The van der Waals surface area contributed by atoms with Gasteiger partial charge < -0.3 is 20.5 Å². The molecule has 2 amide bonds. The number of anilines is 1. The monoisotopic (exact) mass is 380 g/mol. The number of aliphatic carboxylic acids is 1. The van der Waals surface area contributed by atoms with Crippen LogP contribution in [0.4, 0.5) is 5.69 Å². The fourth-order valence-electron chi connectivity index (χ4n) is 2.71. The molecule has 3 N–H and O–H groups in total. The van der Waals surface area contributed by atoms with Crippen LogP contribution in [0.1, 0.15) is 26.7 Å². The maximum Gasteiger partial charge on any atom is 0.311 e. The molecule has 1 aliphatic heterocycles. The topological polar surface area (TPSA) is 105 Å². The molecule has 1 fully saturated rings. The third kappa shape index (κ3) is 5.47. The Hall–Kier alpha value is -2.06. The van der Waals surface area contributed by atoms with Crippen molar-refractivity contribution in [2.24, 2.45) is 5.41 Å². The van der Waals surface area contributed by atoms with E-state index in [4.69, 9.17) is 4.74 Å². The predicted octanol–water partition coefficient (Wildman–Crippen LogP) is 2.12. The zero-order chi connectivity index (χ0) is 19.2. The molecule has 0 spiro atoms. The summed E-state index contributed by atoms with van der Waals surface area (Å²) in [6.45, 7) is 4.12. The third-order valence-corrected chi connectivity index (χ3v) is 5.47. The first-order valence-corrected chi connectivity index (χ1v) is 9.33. The van der Waals surface area contributed by atoms with Gasteiger partial charge in [0.1, 0.15) is 0 Å². The Kier molecular flexibility index (Phi) is 7.05. The first-order valence-electron chi connectivity index (χ1n) is 8.45. The smallest absolute Gasteiger partial charge is 0.311 e. The highest BCUT2D eigenvalue weighted by molar-refractivity contribution is 8.00. The lowest BCUT2D eigenvalue weighted by Crippen LogP contribution is -2.47. The highest BCUT2D eigenvalue weighted by atomic mass is 32.2. The summed E-state index contributed by atoms with van der Waals surface area (Å²) < 4.78 is 5.24. The van der Waals surface area contributed by atoms with Crippen LogP contribution in [-0.2, 0) is 19.1 Å². The average molecular weight is 380 g/mol. The standard InChI is InChI=1S/C18H24N2O5S/c1-12(26-15-5-3-14(4-6-15)20-13(2)21)16(22)19-11-18(17(23)24)7-9-25-10-8-18/h3-6,12H,7-11H2,1-2H3,(H,19,22)(H,20,21)(H,23,24). The summed E-state index contributed by atoms with van der Waals surface area (Å²) in [6.07, 6.45) is 0.795. The number of amides is 2. The number of ether oxygens (including phenoxy) is 1. The van der Waals surface area contributed by atoms with Crippen LogP contribution in [0.3, 0.4) is 0 Å². The molecule has 8 heteroatoms. The van der Waals surface area contributed by atoms with E-state index in [-0.39, 0.29) is 23.6 Å². The van der Waals surface area contributed by atoms with Crippen molar-refractivity contribution in [1.82, 2.24) is 5.32 Å². The molecule has 7 nitrogen and oxygen atoms in total. The van der Waals surface area contributed by atoms with Crippen LogP contribution in [0.15, 0.2) is 29.2 Å². The van der Waals surface area contributed by atoms with E-state index in [1.54, 1.807) is 19.1 Å². The van der Waals surface area contributed by atoms with Crippen LogP contribution in [0.2, 0.25) is 0 Å². The lowest BCUT2D eigenvalue weighted by atomic mass is 9.80. The third-order valence-electron chi connectivity index (χ3n) is 4.36. The number of thioether (sulfide) groups is 1. The van der Waals surface area contributed by atoms with Crippen molar-refractivity contribution < 1.29 is 24.2 Å². The molecule has 1 atom stereocenters. The summed E-state index contributed by atoms with van der Waals surface area (Å²) in [5.41, 5.74) is -0.250. The molecule has 1 unspecified atom stereocenters. The van der Waals surface area contributed by atoms with Crippen LogP contribution >= 0.6 is 11.8 Å².